The van der Waals surface area contributed by atoms with Crippen molar-refractivity contribution >= 4 is 23.6 Å². The number of amides is 2. The van der Waals surface area contributed by atoms with Crippen molar-refractivity contribution in [3.63, 3.8) is 0 Å². The van der Waals surface area contributed by atoms with Gasteiger partial charge in [-0.15, -0.1) is 0 Å². The van der Waals surface area contributed by atoms with Crippen LogP contribution in [0.25, 0.3) is 0 Å². The molecule has 2 amide bonds. The van der Waals surface area contributed by atoms with Crippen LogP contribution in [-0.2, 0) is 23.9 Å². The Hall–Kier alpha value is -1.92. The van der Waals surface area contributed by atoms with Crippen molar-refractivity contribution in [2.75, 3.05) is 6.54 Å². The van der Waals surface area contributed by atoms with Gasteiger partial charge in [-0.2, -0.15) is 0 Å². The van der Waals surface area contributed by atoms with Crippen LogP contribution in [0, 0.1) is 11.3 Å². The largest absolute Gasteiger partial charge is 0.458 e. The van der Waals surface area contributed by atoms with E-state index >= 15 is 0 Å². The molecule has 0 aromatic carbocycles. The van der Waals surface area contributed by atoms with Crippen molar-refractivity contribution in [3.05, 3.63) is 0 Å². The summed E-state index contributed by atoms with van der Waals surface area (Å²) in [6, 6.07) is -1.66. The van der Waals surface area contributed by atoms with E-state index in [4.69, 9.17) is 4.74 Å². The highest BCUT2D eigenvalue weighted by molar-refractivity contribution is 6.38. The molecule has 1 N–H and O–H groups in total. The Bertz CT molecular complexity index is 628. The van der Waals surface area contributed by atoms with Gasteiger partial charge in [0.25, 0.3) is 5.91 Å². The second kappa shape index (κ2) is 9.72. The summed E-state index contributed by atoms with van der Waals surface area (Å²) < 4.78 is 5.39. The highest BCUT2D eigenvalue weighted by Gasteiger charge is 2.39. The van der Waals surface area contributed by atoms with E-state index in [2.05, 4.69) is 5.32 Å². The molecular formula is C22H38N2O5. The van der Waals surface area contributed by atoms with E-state index in [9.17, 15) is 19.2 Å². The highest BCUT2D eigenvalue weighted by Crippen LogP contribution is 2.25. The van der Waals surface area contributed by atoms with Gasteiger partial charge in [0.1, 0.15) is 17.7 Å². The quantitative estimate of drug-likeness (QED) is 0.515. The summed E-state index contributed by atoms with van der Waals surface area (Å²) in [4.78, 5) is 52.0. The molecule has 0 bridgehead atoms. The van der Waals surface area contributed by atoms with E-state index in [1.807, 2.05) is 34.6 Å². The van der Waals surface area contributed by atoms with E-state index < -0.39 is 35.3 Å². The Balaban J connectivity index is 2.87. The van der Waals surface area contributed by atoms with Crippen LogP contribution in [0.3, 0.4) is 0 Å². The van der Waals surface area contributed by atoms with E-state index in [0.717, 1.165) is 0 Å². The lowest BCUT2D eigenvalue weighted by Crippen LogP contribution is -2.52. The first-order valence-corrected chi connectivity index (χ1v) is 10.5. The molecule has 0 aromatic heterocycles. The molecule has 166 valence electrons. The molecule has 1 heterocycles. The first-order valence-electron chi connectivity index (χ1n) is 10.5. The van der Waals surface area contributed by atoms with Crippen molar-refractivity contribution in [2.45, 2.75) is 98.8 Å². The average Bonchev–Trinajstić information content (AvgIpc) is 2.99. The number of hydrogen-bond donors (Lipinski definition) is 1. The van der Waals surface area contributed by atoms with Crippen LogP contribution in [0.5, 0.6) is 0 Å². The molecular weight excluding hydrogens is 372 g/mol. The monoisotopic (exact) mass is 410 g/mol. The standard InChI is InChI=1S/C22H38N2O5/c1-14(2)12-15(20(28)29-22(6,7)8)23-19(27)18(26)16-10-9-11-24(16)17(25)13-21(3,4)5/h14-16H,9-13H2,1-8H3,(H,23,27)/t15-,16+/m1/s1. The van der Waals surface area contributed by atoms with Crippen LogP contribution in [0.1, 0.15) is 81.1 Å². The minimum Gasteiger partial charge on any atom is -0.458 e. The predicted molar refractivity (Wildman–Crippen MR) is 111 cm³/mol. The Labute approximate surface area is 174 Å². The summed E-state index contributed by atoms with van der Waals surface area (Å²) in [5.74, 6) is -2.05. The number of hydrogen-bond acceptors (Lipinski definition) is 5. The number of Topliss-reactive ketones (excluding diaryl/α,β-unsaturated/α-hetero) is 1. The fourth-order valence-corrected chi connectivity index (χ4v) is 3.33. The maximum atomic E-state index is 12.8. The Morgan fingerprint density at radius 1 is 1.07 bits per heavy atom. The zero-order valence-electron chi connectivity index (χ0n) is 19.3. The number of nitrogens with zero attached hydrogens (tertiary/aromatic N) is 1. The fourth-order valence-electron chi connectivity index (χ4n) is 3.33. The third kappa shape index (κ3) is 8.54. The molecule has 7 nitrogen and oxygen atoms in total. The predicted octanol–water partition coefficient (Wildman–Crippen LogP) is 2.86. The molecule has 1 aliphatic rings. The number of ether oxygens (including phenoxy) is 1. The molecule has 0 radical (unpaired) electrons. The zero-order valence-corrected chi connectivity index (χ0v) is 19.3. The molecule has 2 atom stereocenters. The number of carbonyl (C=O) groups is 4. The Morgan fingerprint density at radius 3 is 2.14 bits per heavy atom. The van der Waals surface area contributed by atoms with Gasteiger partial charge < -0.3 is 15.0 Å². The van der Waals surface area contributed by atoms with Crippen LogP contribution in [-0.4, -0.2) is 52.7 Å². The summed E-state index contributed by atoms with van der Waals surface area (Å²) in [5.41, 5.74) is -0.892. The molecule has 1 aliphatic heterocycles. The van der Waals surface area contributed by atoms with E-state index in [1.54, 1.807) is 20.8 Å². The van der Waals surface area contributed by atoms with Crippen molar-refractivity contribution in [1.29, 1.82) is 0 Å². The average molecular weight is 411 g/mol. The number of carbonyl (C=O) groups excluding carboxylic acids is 4. The summed E-state index contributed by atoms with van der Waals surface area (Å²) in [6.45, 7) is 15.5. The van der Waals surface area contributed by atoms with E-state index in [0.29, 0.717) is 32.2 Å². The molecule has 7 heteroatoms. The maximum Gasteiger partial charge on any atom is 0.329 e. The van der Waals surface area contributed by atoms with Crippen LogP contribution in [0.15, 0.2) is 0 Å². The molecule has 1 fully saturated rings. The maximum absolute atomic E-state index is 12.8. The van der Waals surface area contributed by atoms with Crippen molar-refractivity contribution in [1.82, 2.24) is 10.2 Å². The molecule has 29 heavy (non-hydrogen) atoms. The molecule has 0 aromatic rings. The lowest BCUT2D eigenvalue weighted by atomic mass is 9.91. The second-order valence-electron chi connectivity index (χ2n) is 10.5. The summed E-state index contributed by atoms with van der Waals surface area (Å²) >= 11 is 0. The second-order valence-corrected chi connectivity index (χ2v) is 10.5. The van der Waals surface area contributed by atoms with Gasteiger partial charge in [0.2, 0.25) is 11.7 Å². The van der Waals surface area contributed by atoms with Crippen LogP contribution < -0.4 is 5.32 Å². The first kappa shape index (κ1) is 25.1. The van der Waals surface area contributed by atoms with Gasteiger partial charge in [-0.05, 0) is 51.4 Å². The van der Waals surface area contributed by atoms with Crippen LogP contribution in [0.4, 0.5) is 0 Å². The minimum atomic E-state index is -0.897. The van der Waals surface area contributed by atoms with Gasteiger partial charge in [-0.3, -0.25) is 14.4 Å². The topological polar surface area (TPSA) is 92.8 Å². The number of likely N-dealkylation sites (tertiary alicyclic amines) is 1. The third-order valence-electron chi connectivity index (χ3n) is 4.48. The number of rotatable bonds is 7. The van der Waals surface area contributed by atoms with E-state index in [1.165, 1.54) is 4.90 Å². The van der Waals surface area contributed by atoms with Crippen molar-refractivity contribution in [3.8, 4) is 0 Å². The van der Waals surface area contributed by atoms with Crippen molar-refractivity contribution in [2.24, 2.45) is 11.3 Å². The SMILES string of the molecule is CC(C)C[C@@H](NC(=O)C(=O)[C@@H]1CCCN1C(=O)CC(C)(C)C)C(=O)OC(C)(C)C. The van der Waals surface area contributed by atoms with Gasteiger partial charge >= 0.3 is 5.97 Å². The number of ketones is 1. The van der Waals surface area contributed by atoms with Gasteiger partial charge in [-0.25, -0.2) is 4.79 Å². The van der Waals surface area contributed by atoms with Gasteiger partial charge in [0.15, 0.2) is 0 Å². The summed E-state index contributed by atoms with van der Waals surface area (Å²) in [6.07, 6.45) is 1.82. The fraction of sp³-hybridized carbons (Fsp3) is 0.818. The highest BCUT2D eigenvalue weighted by atomic mass is 16.6. The smallest absolute Gasteiger partial charge is 0.329 e. The van der Waals surface area contributed by atoms with E-state index in [-0.39, 0.29) is 17.2 Å². The summed E-state index contributed by atoms with van der Waals surface area (Å²) in [5, 5.41) is 2.55. The van der Waals surface area contributed by atoms with Gasteiger partial charge in [0, 0.05) is 13.0 Å². The van der Waals surface area contributed by atoms with Gasteiger partial charge in [0.05, 0.1) is 0 Å². The number of esters is 1. The molecule has 1 saturated heterocycles. The molecule has 0 spiro atoms. The summed E-state index contributed by atoms with van der Waals surface area (Å²) in [7, 11) is 0. The first-order chi connectivity index (χ1) is 13.1. The zero-order chi connectivity index (χ0) is 22.6. The van der Waals surface area contributed by atoms with Gasteiger partial charge in [-0.1, -0.05) is 34.6 Å². The lowest BCUT2D eigenvalue weighted by Gasteiger charge is -2.28. The third-order valence-corrected chi connectivity index (χ3v) is 4.48. The number of nitrogens with one attached hydrogen (secondary N) is 1. The minimum absolute atomic E-state index is 0.118. The lowest BCUT2D eigenvalue weighted by molar-refractivity contribution is -0.159. The molecule has 0 unspecified atom stereocenters. The molecule has 0 saturated carbocycles. The normalized spacial score (nSPS) is 18.5. The van der Waals surface area contributed by atoms with Crippen molar-refractivity contribution < 1.29 is 23.9 Å². The Kier molecular flexibility index (Phi) is 8.42. The Morgan fingerprint density at radius 2 is 1.66 bits per heavy atom. The molecule has 1 rings (SSSR count). The van der Waals surface area contributed by atoms with Crippen LogP contribution in [0.2, 0.25) is 0 Å². The van der Waals surface area contributed by atoms with Crippen LogP contribution >= 0.6 is 0 Å². The molecule has 0 aliphatic carbocycles.